The number of nitrogens with one attached hydrogen (secondary N) is 1. The molecule has 0 saturated carbocycles. The number of hydrogen-bond donors (Lipinski definition) is 1. The SMILES string of the molecule is N#Cc1ccccc1S(=O)(=O)Nc1ncc(F)s1. The largest absolute Gasteiger partial charge is 0.264 e. The molecule has 0 bridgehead atoms. The fraction of sp³-hybridized carbons (Fsp3) is 0. The monoisotopic (exact) mass is 283 g/mol. The van der Waals surface area contributed by atoms with Crippen molar-refractivity contribution in [1.29, 1.82) is 5.26 Å². The van der Waals surface area contributed by atoms with Crippen LogP contribution in [0.2, 0.25) is 0 Å². The first-order chi connectivity index (χ1) is 8.53. The molecule has 5 nitrogen and oxygen atoms in total. The van der Waals surface area contributed by atoms with Crippen molar-refractivity contribution in [3.8, 4) is 6.07 Å². The van der Waals surface area contributed by atoms with Crippen molar-refractivity contribution < 1.29 is 12.8 Å². The molecule has 18 heavy (non-hydrogen) atoms. The molecule has 2 rings (SSSR count). The maximum atomic E-state index is 12.7. The zero-order chi connectivity index (χ0) is 13.2. The summed E-state index contributed by atoms with van der Waals surface area (Å²) in [6, 6.07) is 7.52. The average Bonchev–Trinajstić information content (AvgIpc) is 2.74. The maximum absolute atomic E-state index is 12.7. The Hall–Kier alpha value is -1.98. The van der Waals surface area contributed by atoms with Gasteiger partial charge in [0.05, 0.1) is 11.8 Å². The van der Waals surface area contributed by atoms with E-state index in [0.29, 0.717) is 11.3 Å². The first-order valence-electron chi connectivity index (χ1n) is 4.66. The highest BCUT2D eigenvalue weighted by atomic mass is 32.2. The van der Waals surface area contributed by atoms with E-state index in [-0.39, 0.29) is 15.6 Å². The van der Waals surface area contributed by atoms with E-state index in [1.165, 1.54) is 18.2 Å². The van der Waals surface area contributed by atoms with Crippen LogP contribution >= 0.6 is 11.3 Å². The summed E-state index contributed by atoms with van der Waals surface area (Å²) >= 11 is 0.572. The number of aromatic nitrogens is 1. The van der Waals surface area contributed by atoms with Crippen LogP contribution in [0.4, 0.5) is 9.52 Å². The van der Waals surface area contributed by atoms with Gasteiger partial charge in [0.2, 0.25) is 0 Å². The third-order valence-corrected chi connectivity index (χ3v) is 4.22. The van der Waals surface area contributed by atoms with Crippen LogP contribution in [0.15, 0.2) is 35.4 Å². The van der Waals surface area contributed by atoms with Crippen LogP contribution in [-0.2, 0) is 10.0 Å². The number of sulfonamides is 1. The molecule has 0 aliphatic carbocycles. The van der Waals surface area contributed by atoms with E-state index < -0.39 is 15.2 Å². The molecule has 0 aliphatic rings. The fourth-order valence-electron chi connectivity index (χ4n) is 1.26. The number of rotatable bonds is 3. The molecule has 0 atom stereocenters. The van der Waals surface area contributed by atoms with Crippen LogP contribution < -0.4 is 4.72 Å². The first kappa shape index (κ1) is 12.5. The predicted octanol–water partition coefficient (Wildman–Crippen LogP) is 1.95. The van der Waals surface area contributed by atoms with Crippen LogP contribution in [0.3, 0.4) is 0 Å². The number of nitriles is 1. The van der Waals surface area contributed by atoms with Gasteiger partial charge in [-0.2, -0.15) is 9.65 Å². The van der Waals surface area contributed by atoms with Gasteiger partial charge in [-0.1, -0.05) is 23.5 Å². The van der Waals surface area contributed by atoms with E-state index in [1.54, 1.807) is 12.1 Å². The Labute approximate surface area is 107 Å². The van der Waals surface area contributed by atoms with Gasteiger partial charge in [0.15, 0.2) is 10.3 Å². The van der Waals surface area contributed by atoms with E-state index in [1.807, 2.05) is 0 Å². The number of thiazole rings is 1. The third-order valence-electron chi connectivity index (χ3n) is 2.00. The molecule has 1 aromatic heterocycles. The number of nitrogens with zero attached hydrogens (tertiary/aromatic N) is 2. The minimum Gasteiger partial charge on any atom is -0.255 e. The minimum absolute atomic E-state index is 0.0158. The molecule has 92 valence electrons. The molecule has 0 spiro atoms. The summed E-state index contributed by atoms with van der Waals surface area (Å²) in [6.45, 7) is 0. The van der Waals surface area contributed by atoms with Crippen LogP contribution in [0.5, 0.6) is 0 Å². The fourth-order valence-corrected chi connectivity index (χ4v) is 3.21. The van der Waals surface area contributed by atoms with Crippen molar-refractivity contribution in [2.75, 3.05) is 4.72 Å². The van der Waals surface area contributed by atoms with Crippen LogP contribution in [-0.4, -0.2) is 13.4 Å². The summed E-state index contributed by atoms with van der Waals surface area (Å²) in [7, 11) is -3.93. The Morgan fingerprint density at radius 2 is 2.11 bits per heavy atom. The lowest BCUT2D eigenvalue weighted by Gasteiger charge is -2.05. The second-order valence-electron chi connectivity index (χ2n) is 3.18. The van der Waals surface area contributed by atoms with Gasteiger partial charge in [0.25, 0.3) is 10.0 Å². The van der Waals surface area contributed by atoms with Crippen molar-refractivity contribution in [1.82, 2.24) is 4.98 Å². The average molecular weight is 283 g/mol. The van der Waals surface area contributed by atoms with Crippen LogP contribution in [0.1, 0.15) is 5.56 Å². The molecule has 0 aliphatic heterocycles. The van der Waals surface area contributed by atoms with E-state index in [0.717, 1.165) is 6.20 Å². The standard InChI is InChI=1S/C10H6FN3O2S2/c11-9-6-13-10(17-9)14-18(15,16)8-4-2-1-3-7(8)5-12/h1-4,6H,(H,13,14). The molecule has 1 aromatic carbocycles. The van der Waals surface area contributed by atoms with E-state index in [2.05, 4.69) is 9.71 Å². The summed E-state index contributed by atoms with van der Waals surface area (Å²) in [5.74, 6) is 0. The molecular weight excluding hydrogens is 277 g/mol. The minimum atomic E-state index is -3.93. The summed E-state index contributed by atoms with van der Waals surface area (Å²) in [4.78, 5) is 3.39. The number of anilines is 1. The zero-order valence-corrected chi connectivity index (χ0v) is 10.4. The summed E-state index contributed by atoms with van der Waals surface area (Å²) in [6.07, 6.45) is 0.915. The quantitative estimate of drug-likeness (QED) is 0.933. The second-order valence-corrected chi connectivity index (χ2v) is 5.81. The zero-order valence-electron chi connectivity index (χ0n) is 8.79. The van der Waals surface area contributed by atoms with E-state index in [4.69, 9.17) is 5.26 Å². The van der Waals surface area contributed by atoms with Crippen molar-refractivity contribution in [2.45, 2.75) is 4.90 Å². The van der Waals surface area contributed by atoms with E-state index >= 15 is 0 Å². The lowest BCUT2D eigenvalue weighted by molar-refractivity contribution is 0.601. The lowest BCUT2D eigenvalue weighted by Crippen LogP contribution is -2.14. The Kier molecular flexibility index (Phi) is 3.27. The molecule has 0 unspecified atom stereocenters. The Morgan fingerprint density at radius 1 is 1.39 bits per heavy atom. The van der Waals surface area contributed by atoms with Gasteiger partial charge >= 0.3 is 0 Å². The van der Waals surface area contributed by atoms with Crippen LogP contribution in [0, 0.1) is 16.5 Å². The highest BCUT2D eigenvalue weighted by Crippen LogP contribution is 2.22. The van der Waals surface area contributed by atoms with Gasteiger partial charge in [0.1, 0.15) is 11.0 Å². The Bertz CT molecular complexity index is 719. The summed E-state index contributed by atoms with van der Waals surface area (Å²) < 4.78 is 38.8. The molecule has 1 heterocycles. The van der Waals surface area contributed by atoms with Crippen molar-refractivity contribution in [3.63, 3.8) is 0 Å². The molecule has 8 heteroatoms. The second kappa shape index (κ2) is 4.72. The van der Waals surface area contributed by atoms with Gasteiger partial charge < -0.3 is 0 Å². The Morgan fingerprint density at radius 3 is 2.72 bits per heavy atom. The summed E-state index contributed by atoms with van der Waals surface area (Å²) in [5.41, 5.74) is 0.0158. The highest BCUT2D eigenvalue weighted by Gasteiger charge is 2.19. The molecule has 0 fully saturated rings. The van der Waals surface area contributed by atoms with Crippen molar-refractivity contribution in [3.05, 3.63) is 41.2 Å². The smallest absolute Gasteiger partial charge is 0.255 e. The van der Waals surface area contributed by atoms with E-state index in [9.17, 15) is 12.8 Å². The molecule has 2 aromatic rings. The number of hydrogen-bond acceptors (Lipinski definition) is 5. The van der Waals surface area contributed by atoms with Gasteiger partial charge in [-0.25, -0.2) is 13.4 Å². The lowest BCUT2D eigenvalue weighted by atomic mass is 10.2. The van der Waals surface area contributed by atoms with Gasteiger partial charge in [-0.15, -0.1) is 0 Å². The summed E-state index contributed by atoms with van der Waals surface area (Å²) in [5, 5.41) is 8.16. The Balaban J connectivity index is 2.40. The predicted molar refractivity (Wildman–Crippen MR) is 64.0 cm³/mol. The van der Waals surface area contributed by atoms with Crippen molar-refractivity contribution >= 4 is 26.5 Å². The maximum Gasteiger partial charge on any atom is 0.264 e. The van der Waals surface area contributed by atoms with Crippen molar-refractivity contribution in [2.24, 2.45) is 0 Å². The molecule has 0 radical (unpaired) electrons. The van der Waals surface area contributed by atoms with Gasteiger partial charge in [-0.3, -0.25) is 4.72 Å². The van der Waals surface area contributed by atoms with Crippen LogP contribution in [0.25, 0.3) is 0 Å². The molecule has 1 N–H and O–H groups in total. The normalized spacial score (nSPS) is 10.9. The molecule has 0 amide bonds. The topological polar surface area (TPSA) is 82.8 Å². The third kappa shape index (κ3) is 2.47. The molecule has 0 saturated heterocycles. The highest BCUT2D eigenvalue weighted by molar-refractivity contribution is 7.93. The number of halogens is 1. The van der Waals surface area contributed by atoms with Gasteiger partial charge in [0, 0.05) is 0 Å². The number of benzene rings is 1. The molecular formula is C10H6FN3O2S2. The first-order valence-corrected chi connectivity index (χ1v) is 6.96. The van der Waals surface area contributed by atoms with Gasteiger partial charge in [-0.05, 0) is 12.1 Å².